The fourth-order valence-electron chi connectivity index (χ4n) is 3.02. The number of aryl methyl sites for hydroxylation is 1. The highest BCUT2D eigenvalue weighted by Crippen LogP contribution is 2.35. The summed E-state index contributed by atoms with van der Waals surface area (Å²) in [6.45, 7) is 6.21. The maximum absolute atomic E-state index is 4.11. The largest absolute Gasteiger partial charge is 0.377 e. The summed E-state index contributed by atoms with van der Waals surface area (Å²) in [7, 11) is 0. The highest BCUT2D eigenvalue weighted by molar-refractivity contribution is 9.10. The van der Waals surface area contributed by atoms with Gasteiger partial charge in [-0.3, -0.25) is 0 Å². The second-order valence-corrected chi connectivity index (χ2v) is 7.13. The first-order valence-electron chi connectivity index (χ1n) is 8.43. The highest BCUT2D eigenvalue weighted by atomic mass is 79.9. The van der Waals surface area contributed by atoms with Gasteiger partial charge in [-0.2, -0.15) is 0 Å². The average molecular weight is 392 g/mol. The van der Waals surface area contributed by atoms with Crippen molar-refractivity contribution in [2.45, 2.75) is 18.9 Å². The number of hydrogen-bond acceptors (Lipinski definition) is 1. The Bertz CT molecular complexity index is 807. The van der Waals surface area contributed by atoms with Gasteiger partial charge < -0.3 is 5.32 Å². The standard InChI is InChI=1S/C23H22BrN/c1-3-22(18-7-5-4-6-8-18)23(19-11-13-20(24)14-12-19)25-21-15-9-17(2)10-16-21/h3-16,22-23,25H,1H2,2H3/t22-,23-/m1/s1. The van der Waals surface area contributed by atoms with E-state index in [2.05, 4.69) is 108 Å². The van der Waals surface area contributed by atoms with E-state index in [0.717, 1.165) is 10.2 Å². The predicted molar refractivity (Wildman–Crippen MR) is 111 cm³/mol. The van der Waals surface area contributed by atoms with Crippen LogP contribution in [-0.2, 0) is 0 Å². The monoisotopic (exact) mass is 391 g/mol. The highest BCUT2D eigenvalue weighted by Gasteiger charge is 2.22. The molecule has 3 rings (SSSR count). The molecule has 3 aromatic rings. The summed E-state index contributed by atoms with van der Waals surface area (Å²) in [5.41, 5.74) is 4.86. The second-order valence-electron chi connectivity index (χ2n) is 6.21. The molecule has 2 atom stereocenters. The summed E-state index contributed by atoms with van der Waals surface area (Å²) in [5.74, 6) is 0.170. The number of benzene rings is 3. The van der Waals surface area contributed by atoms with Crippen molar-refractivity contribution in [1.82, 2.24) is 0 Å². The van der Waals surface area contributed by atoms with Crippen molar-refractivity contribution in [3.05, 3.63) is 113 Å². The Morgan fingerprint density at radius 1 is 0.840 bits per heavy atom. The fraction of sp³-hybridized carbons (Fsp3) is 0.130. The Morgan fingerprint density at radius 2 is 1.48 bits per heavy atom. The molecule has 0 aliphatic rings. The molecule has 0 aliphatic heterocycles. The Morgan fingerprint density at radius 3 is 2.08 bits per heavy atom. The Labute approximate surface area is 158 Å². The molecule has 0 unspecified atom stereocenters. The van der Waals surface area contributed by atoms with E-state index in [1.165, 1.54) is 16.7 Å². The minimum Gasteiger partial charge on any atom is -0.377 e. The predicted octanol–water partition coefficient (Wildman–Crippen LogP) is 6.88. The zero-order chi connectivity index (χ0) is 17.6. The van der Waals surface area contributed by atoms with Gasteiger partial charge in [-0.05, 0) is 42.3 Å². The Kier molecular flexibility index (Phi) is 5.72. The summed E-state index contributed by atoms with van der Waals surface area (Å²) < 4.78 is 1.08. The lowest BCUT2D eigenvalue weighted by Gasteiger charge is -2.28. The van der Waals surface area contributed by atoms with Crippen LogP contribution in [0.2, 0.25) is 0 Å². The number of hydrogen-bond donors (Lipinski definition) is 1. The van der Waals surface area contributed by atoms with Crippen LogP contribution in [0.15, 0.2) is 96.0 Å². The van der Waals surface area contributed by atoms with Gasteiger partial charge in [0.25, 0.3) is 0 Å². The maximum atomic E-state index is 4.11. The zero-order valence-electron chi connectivity index (χ0n) is 14.3. The third-order valence-electron chi connectivity index (χ3n) is 4.40. The van der Waals surface area contributed by atoms with Gasteiger partial charge in [0.2, 0.25) is 0 Å². The van der Waals surface area contributed by atoms with Crippen molar-refractivity contribution in [3.63, 3.8) is 0 Å². The van der Waals surface area contributed by atoms with Crippen molar-refractivity contribution < 1.29 is 0 Å². The average Bonchev–Trinajstić information content (AvgIpc) is 2.65. The van der Waals surface area contributed by atoms with Crippen molar-refractivity contribution >= 4 is 21.6 Å². The fourth-order valence-corrected chi connectivity index (χ4v) is 3.28. The molecule has 0 saturated heterocycles. The van der Waals surface area contributed by atoms with Crippen LogP contribution in [0.5, 0.6) is 0 Å². The summed E-state index contributed by atoms with van der Waals surface area (Å²) in [5, 5.41) is 3.70. The van der Waals surface area contributed by atoms with Gasteiger partial charge in [0, 0.05) is 16.1 Å². The van der Waals surface area contributed by atoms with Crippen LogP contribution in [0.3, 0.4) is 0 Å². The Hall–Kier alpha value is -2.32. The van der Waals surface area contributed by atoms with Crippen LogP contribution in [0.4, 0.5) is 5.69 Å². The first-order valence-corrected chi connectivity index (χ1v) is 9.23. The molecule has 1 N–H and O–H groups in total. The molecule has 0 bridgehead atoms. The molecule has 0 amide bonds. The van der Waals surface area contributed by atoms with Crippen LogP contribution in [0.25, 0.3) is 0 Å². The Balaban J connectivity index is 1.99. The minimum absolute atomic E-state index is 0.107. The summed E-state index contributed by atoms with van der Waals surface area (Å²) >= 11 is 3.53. The van der Waals surface area contributed by atoms with E-state index in [1.54, 1.807) is 0 Å². The minimum atomic E-state index is 0.107. The van der Waals surface area contributed by atoms with Crippen LogP contribution >= 0.6 is 15.9 Å². The lowest BCUT2D eigenvalue weighted by molar-refractivity contribution is 0.692. The van der Waals surface area contributed by atoms with Gasteiger partial charge in [0.1, 0.15) is 0 Å². The van der Waals surface area contributed by atoms with E-state index in [0.29, 0.717) is 0 Å². The van der Waals surface area contributed by atoms with Gasteiger partial charge in [0.15, 0.2) is 0 Å². The molecular weight excluding hydrogens is 370 g/mol. The lowest BCUT2D eigenvalue weighted by Crippen LogP contribution is -2.18. The third-order valence-corrected chi connectivity index (χ3v) is 4.93. The molecule has 0 aliphatic carbocycles. The molecule has 0 radical (unpaired) electrons. The van der Waals surface area contributed by atoms with Crippen molar-refractivity contribution in [3.8, 4) is 0 Å². The molecule has 0 spiro atoms. The van der Waals surface area contributed by atoms with Gasteiger partial charge in [-0.25, -0.2) is 0 Å². The SMILES string of the molecule is C=C[C@H](c1ccccc1)[C@H](Nc1ccc(C)cc1)c1ccc(Br)cc1. The van der Waals surface area contributed by atoms with Crippen LogP contribution < -0.4 is 5.32 Å². The smallest absolute Gasteiger partial charge is 0.0616 e. The molecule has 1 nitrogen and oxygen atoms in total. The molecular formula is C23H22BrN. The molecule has 126 valence electrons. The molecule has 0 heterocycles. The quantitative estimate of drug-likeness (QED) is 0.451. The van der Waals surface area contributed by atoms with E-state index >= 15 is 0 Å². The van der Waals surface area contributed by atoms with Crippen LogP contribution in [-0.4, -0.2) is 0 Å². The molecule has 0 saturated carbocycles. The van der Waals surface area contributed by atoms with Gasteiger partial charge >= 0.3 is 0 Å². The third kappa shape index (κ3) is 4.40. The van der Waals surface area contributed by atoms with E-state index in [1.807, 2.05) is 12.1 Å². The molecule has 0 aromatic heterocycles. The van der Waals surface area contributed by atoms with Crippen LogP contribution in [0, 0.1) is 6.92 Å². The van der Waals surface area contributed by atoms with Gasteiger partial charge in [0.05, 0.1) is 6.04 Å². The summed E-state index contributed by atoms with van der Waals surface area (Å²) in [4.78, 5) is 0. The van der Waals surface area contributed by atoms with E-state index in [-0.39, 0.29) is 12.0 Å². The first-order chi connectivity index (χ1) is 12.2. The number of rotatable bonds is 6. The van der Waals surface area contributed by atoms with Crippen molar-refractivity contribution in [2.75, 3.05) is 5.32 Å². The normalized spacial score (nSPS) is 13.0. The molecule has 3 aromatic carbocycles. The number of nitrogens with one attached hydrogen (secondary N) is 1. The number of anilines is 1. The van der Waals surface area contributed by atoms with Gasteiger partial charge in [-0.15, -0.1) is 6.58 Å². The topological polar surface area (TPSA) is 12.0 Å². The molecule has 2 heteroatoms. The summed E-state index contributed by atoms with van der Waals surface area (Å²) in [6.07, 6.45) is 2.03. The van der Waals surface area contributed by atoms with E-state index in [9.17, 15) is 0 Å². The molecule has 0 fully saturated rings. The lowest BCUT2D eigenvalue weighted by atomic mass is 9.87. The van der Waals surface area contributed by atoms with E-state index < -0.39 is 0 Å². The maximum Gasteiger partial charge on any atom is 0.0616 e. The van der Waals surface area contributed by atoms with E-state index in [4.69, 9.17) is 0 Å². The van der Waals surface area contributed by atoms with Gasteiger partial charge in [-0.1, -0.05) is 82.2 Å². The van der Waals surface area contributed by atoms with Crippen molar-refractivity contribution in [2.24, 2.45) is 0 Å². The zero-order valence-corrected chi connectivity index (χ0v) is 15.9. The summed E-state index contributed by atoms with van der Waals surface area (Å²) in [6, 6.07) is 27.7. The number of halogens is 1. The van der Waals surface area contributed by atoms with Crippen molar-refractivity contribution in [1.29, 1.82) is 0 Å². The second kappa shape index (κ2) is 8.17. The molecule has 25 heavy (non-hydrogen) atoms. The van der Waals surface area contributed by atoms with Crippen LogP contribution in [0.1, 0.15) is 28.7 Å². The first kappa shape index (κ1) is 17.5.